The van der Waals surface area contributed by atoms with Gasteiger partial charge in [0.1, 0.15) is 0 Å². The molecule has 4 rings (SSSR count). The van der Waals surface area contributed by atoms with E-state index in [9.17, 15) is 4.79 Å². The Morgan fingerprint density at radius 3 is 2.50 bits per heavy atom. The summed E-state index contributed by atoms with van der Waals surface area (Å²) in [7, 11) is 0. The summed E-state index contributed by atoms with van der Waals surface area (Å²) < 4.78 is 3.84. The fraction of sp³-hybridized carbons (Fsp3) is 0.292. The molecule has 0 fully saturated rings. The van der Waals surface area contributed by atoms with Crippen LogP contribution in [0.2, 0.25) is 0 Å². The molecule has 0 amide bonds. The van der Waals surface area contributed by atoms with E-state index in [4.69, 9.17) is 4.98 Å². The van der Waals surface area contributed by atoms with Crippen LogP contribution in [0.1, 0.15) is 28.9 Å². The highest BCUT2D eigenvalue weighted by Crippen LogP contribution is 2.24. The third kappa shape index (κ3) is 4.33. The molecular weight excluding hydrogens is 392 g/mol. The molecule has 0 aliphatic carbocycles. The Balaban J connectivity index is 1.61. The van der Waals surface area contributed by atoms with Crippen molar-refractivity contribution in [1.29, 1.82) is 0 Å². The van der Waals surface area contributed by atoms with Gasteiger partial charge in [-0.2, -0.15) is 5.10 Å². The van der Waals surface area contributed by atoms with Crippen LogP contribution in [0, 0.1) is 20.8 Å². The van der Waals surface area contributed by atoms with Crippen molar-refractivity contribution in [3.05, 3.63) is 87.5 Å². The zero-order valence-corrected chi connectivity index (χ0v) is 18.4. The molecule has 0 atom stereocenters. The third-order valence-corrected chi connectivity index (χ3v) is 6.32. The van der Waals surface area contributed by atoms with E-state index in [1.807, 2.05) is 46.5 Å². The highest BCUT2D eigenvalue weighted by atomic mass is 32.2. The zero-order chi connectivity index (χ0) is 21.1. The minimum absolute atomic E-state index is 0.0289. The molecule has 2 aromatic heterocycles. The summed E-state index contributed by atoms with van der Waals surface area (Å²) in [5.74, 6) is 0.787. The highest BCUT2D eigenvalue weighted by Gasteiger charge is 2.12. The van der Waals surface area contributed by atoms with Crippen LogP contribution in [0.15, 0.2) is 64.5 Å². The maximum absolute atomic E-state index is 13.2. The van der Waals surface area contributed by atoms with Gasteiger partial charge >= 0.3 is 0 Å². The molecule has 2 heterocycles. The lowest BCUT2D eigenvalue weighted by Crippen LogP contribution is -2.24. The molecule has 2 aromatic carbocycles. The first-order valence-electron chi connectivity index (χ1n) is 10.2. The number of hydrogen-bond donors (Lipinski definition) is 0. The molecule has 0 saturated carbocycles. The lowest BCUT2D eigenvalue weighted by atomic mass is 10.1. The molecule has 0 radical (unpaired) electrons. The molecule has 0 unspecified atom stereocenters. The summed E-state index contributed by atoms with van der Waals surface area (Å²) >= 11 is 1.63. The maximum atomic E-state index is 13.2. The minimum Gasteiger partial charge on any atom is -0.287 e. The van der Waals surface area contributed by atoms with E-state index in [-0.39, 0.29) is 5.56 Å². The number of aryl methyl sites for hydroxylation is 4. The number of hydrogen-bond acceptors (Lipinski definition) is 4. The van der Waals surface area contributed by atoms with Crippen LogP contribution >= 0.6 is 11.8 Å². The second kappa shape index (κ2) is 8.88. The fourth-order valence-electron chi connectivity index (χ4n) is 3.65. The van der Waals surface area contributed by atoms with Crippen molar-refractivity contribution in [3.63, 3.8) is 0 Å². The van der Waals surface area contributed by atoms with Gasteiger partial charge in [-0.05, 0) is 56.5 Å². The van der Waals surface area contributed by atoms with Gasteiger partial charge in [0.25, 0.3) is 5.56 Å². The van der Waals surface area contributed by atoms with Crippen LogP contribution in [0.3, 0.4) is 0 Å². The Morgan fingerprint density at radius 1 is 0.967 bits per heavy atom. The molecule has 0 aliphatic rings. The van der Waals surface area contributed by atoms with Gasteiger partial charge in [-0.15, -0.1) is 0 Å². The summed E-state index contributed by atoms with van der Waals surface area (Å²) in [4.78, 5) is 18.1. The monoisotopic (exact) mass is 418 g/mol. The van der Waals surface area contributed by atoms with Crippen molar-refractivity contribution >= 4 is 22.7 Å². The molecule has 0 saturated heterocycles. The number of thioether (sulfide) groups is 1. The lowest BCUT2D eigenvalue weighted by Gasteiger charge is -2.14. The predicted molar refractivity (Wildman–Crippen MR) is 123 cm³/mol. The van der Waals surface area contributed by atoms with Gasteiger partial charge in [0.15, 0.2) is 5.16 Å². The molecule has 0 spiro atoms. The van der Waals surface area contributed by atoms with Gasteiger partial charge in [0.2, 0.25) is 0 Å². The molecule has 5 nitrogen and oxygen atoms in total. The molecule has 0 N–H and O–H groups in total. The summed E-state index contributed by atoms with van der Waals surface area (Å²) in [6, 6.07) is 18.0. The van der Waals surface area contributed by atoms with Crippen LogP contribution in [0.25, 0.3) is 10.9 Å². The van der Waals surface area contributed by atoms with Gasteiger partial charge in [-0.25, -0.2) is 4.98 Å². The average Bonchev–Trinajstić information content (AvgIpc) is 3.06. The van der Waals surface area contributed by atoms with Gasteiger partial charge in [-0.1, -0.05) is 48.2 Å². The van der Waals surface area contributed by atoms with Gasteiger partial charge in [-0.3, -0.25) is 14.0 Å². The smallest absolute Gasteiger partial charge is 0.262 e. The second-order valence-electron chi connectivity index (χ2n) is 7.59. The van der Waals surface area contributed by atoms with Crippen LogP contribution in [0.4, 0.5) is 0 Å². The molecule has 0 bridgehead atoms. The lowest BCUT2D eigenvalue weighted by molar-refractivity contribution is 0.487. The topological polar surface area (TPSA) is 52.7 Å². The summed E-state index contributed by atoms with van der Waals surface area (Å²) in [6.45, 7) is 7.58. The highest BCUT2D eigenvalue weighted by molar-refractivity contribution is 7.98. The Kier molecular flexibility index (Phi) is 6.04. The van der Waals surface area contributed by atoms with Crippen molar-refractivity contribution in [3.8, 4) is 0 Å². The number of para-hydroxylation sites is 1. The van der Waals surface area contributed by atoms with E-state index in [2.05, 4.69) is 43.2 Å². The third-order valence-electron chi connectivity index (χ3n) is 5.30. The first kappa shape index (κ1) is 20.4. The van der Waals surface area contributed by atoms with Crippen molar-refractivity contribution in [2.24, 2.45) is 0 Å². The quantitative estimate of drug-likeness (QED) is 0.316. The molecular formula is C24H26N4OS. The molecule has 0 aliphatic heterocycles. The van der Waals surface area contributed by atoms with E-state index < -0.39 is 0 Å². The predicted octanol–water partition coefficient (Wildman–Crippen LogP) is 4.90. The van der Waals surface area contributed by atoms with Crippen LogP contribution < -0.4 is 5.56 Å². The summed E-state index contributed by atoms with van der Waals surface area (Å²) in [6.07, 6.45) is 0.819. The molecule has 6 heteroatoms. The van der Waals surface area contributed by atoms with Crippen LogP contribution in [-0.2, 0) is 18.8 Å². The Hall–Kier alpha value is -2.86. The minimum atomic E-state index is 0.0289. The standard InChI is InChI=1S/C24H26N4OS/c1-17-9-4-5-10-20(17)16-30-24-25-22-12-7-6-11-21(22)23(29)27(24)13-8-14-28-19(3)15-18(2)26-28/h4-7,9-12,15H,8,13-14,16H2,1-3H3. The Labute approximate surface area is 180 Å². The Morgan fingerprint density at radius 2 is 1.73 bits per heavy atom. The van der Waals surface area contributed by atoms with Gasteiger partial charge < -0.3 is 0 Å². The fourth-order valence-corrected chi connectivity index (χ4v) is 4.75. The van der Waals surface area contributed by atoms with E-state index in [0.717, 1.165) is 40.8 Å². The van der Waals surface area contributed by atoms with E-state index in [1.54, 1.807) is 11.8 Å². The molecule has 4 aromatic rings. The first-order chi connectivity index (χ1) is 14.5. The van der Waals surface area contributed by atoms with Crippen LogP contribution in [0.5, 0.6) is 0 Å². The number of fused-ring (bicyclic) bond motifs is 1. The van der Waals surface area contributed by atoms with Gasteiger partial charge in [0.05, 0.1) is 16.6 Å². The second-order valence-corrected chi connectivity index (χ2v) is 8.53. The number of aromatic nitrogens is 4. The normalized spacial score (nSPS) is 11.3. The largest absolute Gasteiger partial charge is 0.287 e. The molecule has 30 heavy (non-hydrogen) atoms. The van der Waals surface area contributed by atoms with Crippen molar-refractivity contribution in [2.45, 2.75) is 51.2 Å². The SMILES string of the molecule is Cc1cc(C)n(CCCn2c(SCc3ccccc3C)nc3ccccc3c2=O)n1. The zero-order valence-electron chi connectivity index (χ0n) is 17.6. The van der Waals surface area contributed by atoms with E-state index >= 15 is 0 Å². The number of rotatable bonds is 7. The average molecular weight is 419 g/mol. The van der Waals surface area contributed by atoms with Crippen molar-refractivity contribution < 1.29 is 0 Å². The summed E-state index contributed by atoms with van der Waals surface area (Å²) in [5, 5.41) is 5.97. The van der Waals surface area contributed by atoms with Crippen molar-refractivity contribution in [1.82, 2.24) is 19.3 Å². The maximum Gasteiger partial charge on any atom is 0.262 e. The number of nitrogens with zero attached hydrogens (tertiary/aromatic N) is 4. The van der Waals surface area contributed by atoms with E-state index in [1.165, 1.54) is 11.1 Å². The van der Waals surface area contributed by atoms with E-state index in [0.29, 0.717) is 11.9 Å². The van der Waals surface area contributed by atoms with Gasteiger partial charge in [0, 0.05) is 24.5 Å². The number of benzene rings is 2. The Bertz CT molecular complexity index is 1240. The van der Waals surface area contributed by atoms with Crippen molar-refractivity contribution in [2.75, 3.05) is 0 Å². The first-order valence-corrected chi connectivity index (χ1v) is 11.2. The molecule has 154 valence electrons. The van der Waals surface area contributed by atoms with Crippen LogP contribution in [-0.4, -0.2) is 19.3 Å². The summed E-state index contributed by atoms with van der Waals surface area (Å²) in [5.41, 5.74) is 5.46.